The number of Topliss-reactive ketones (excluding diaryl/α,β-unsaturated/α-hetero) is 1. The normalized spacial score (nSPS) is 18.6. The van der Waals surface area contributed by atoms with Crippen molar-refractivity contribution in [3.63, 3.8) is 0 Å². The summed E-state index contributed by atoms with van der Waals surface area (Å²) in [4.78, 5) is 12.7. The maximum Gasteiger partial charge on any atom is 0.189 e. The van der Waals surface area contributed by atoms with E-state index in [0.29, 0.717) is 0 Å². The van der Waals surface area contributed by atoms with Crippen LogP contribution in [0.1, 0.15) is 41.8 Å². The highest BCUT2D eigenvalue weighted by molar-refractivity contribution is 9.10. The molecule has 1 aliphatic carbocycles. The van der Waals surface area contributed by atoms with Crippen LogP contribution >= 0.6 is 15.9 Å². The Hall–Kier alpha value is -1.67. The average Bonchev–Trinajstić information content (AvgIpc) is 2.44. The summed E-state index contributed by atoms with van der Waals surface area (Å²) < 4.78 is 1.03. The van der Waals surface area contributed by atoms with E-state index in [-0.39, 0.29) is 11.2 Å². The number of hydrogen-bond donors (Lipinski definition) is 0. The van der Waals surface area contributed by atoms with Gasteiger partial charge in [-0.2, -0.15) is 0 Å². The first-order valence-corrected chi connectivity index (χ1v) is 7.87. The predicted octanol–water partition coefficient (Wildman–Crippen LogP) is 5.40. The van der Waals surface area contributed by atoms with Gasteiger partial charge in [-0.05, 0) is 41.2 Å². The molecule has 21 heavy (non-hydrogen) atoms. The van der Waals surface area contributed by atoms with Crippen LogP contribution in [0.25, 0.3) is 6.08 Å². The summed E-state index contributed by atoms with van der Waals surface area (Å²) in [6.07, 6.45) is 2.79. The van der Waals surface area contributed by atoms with Crippen LogP contribution in [0.2, 0.25) is 0 Å². The van der Waals surface area contributed by atoms with Gasteiger partial charge >= 0.3 is 0 Å². The number of benzene rings is 2. The first-order chi connectivity index (χ1) is 9.97. The lowest BCUT2D eigenvalue weighted by atomic mass is 9.70. The van der Waals surface area contributed by atoms with Crippen LogP contribution < -0.4 is 0 Å². The standard InChI is InChI=1S/C19H17BrO/c1-19(2)12-14(10-13-6-5-7-15(20)11-13)18(21)16-8-3-4-9-17(16)19/h3-11H,12H2,1-2H3/b14-10+. The molecule has 0 unspecified atom stereocenters. The van der Waals surface area contributed by atoms with Gasteiger partial charge < -0.3 is 0 Å². The van der Waals surface area contributed by atoms with Crippen LogP contribution in [0.5, 0.6) is 0 Å². The molecule has 2 aromatic rings. The number of fused-ring (bicyclic) bond motifs is 1. The van der Waals surface area contributed by atoms with Gasteiger partial charge in [0.05, 0.1) is 0 Å². The summed E-state index contributed by atoms with van der Waals surface area (Å²) in [5, 5.41) is 0. The van der Waals surface area contributed by atoms with Crippen molar-refractivity contribution in [1.29, 1.82) is 0 Å². The molecule has 0 spiro atoms. The molecule has 2 heteroatoms. The minimum atomic E-state index is -0.0116. The summed E-state index contributed by atoms with van der Waals surface area (Å²) in [5.41, 5.74) is 3.93. The second-order valence-corrected chi connectivity index (χ2v) is 7.08. The maximum atomic E-state index is 12.7. The fourth-order valence-electron chi connectivity index (χ4n) is 3.01. The fraction of sp³-hybridized carbons (Fsp3) is 0.211. The Labute approximate surface area is 133 Å². The van der Waals surface area contributed by atoms with E-state index in [9.17, 15) is 4.79 Å². The zero-order valence-corrected chi connectivity index (χ0v) is 13.8. The zero-order chi connectivity index (χ0) is 15.0. The molecule has 0 aliphatic heterocycles. The average molecular weight is 341 g/mol. The number of rotatable bonds is 1. The molecule has 0 N–H and O–H groups in total. The third-order valence-corrected chi connectivity index (χ3v) is 4.51. The van der Waals surface area contributed by atoms with Crippen LogP contribution in [0.15, 0.2) is 58.6 Å². The van der Waals surface area contributed by atoms with Crippen molar-refractivity contribution in [1.82, 2.24) is 0 Å². The molecule has 1 nitrogen and oxygen atoms in total. The summed E-state index contributed by atoms with van der Waals surface area (Å²) in [7, 11) is 0. The number of carbonyl (C=O) groups excluding carboxylic acids is 1. The molecule has 0 radical (unpaired) electrons. The quantitative estimate of drug-likeness (QED) is 0.635. The van der Waals surface area contributed by atoms with E-state index in [1.54, 1.807) is 0 Å². The van der Waals surface area contributed by atoms with Crippen molar-refractivity contribution in [3.05, 3.63) is 75.3 Å². The largest absolute Gasteiger partial charge is 0.289 e. The van der Waals surface area contributed by atoms with Crippen molar-refractivity contribution in [3.8, 4) is 0 Å². The summed E-state index contributed by atoms with van der Waals surface area (Å²) >= 11 is 3.48. The molecule has 0 heterocycles. The molecule has 1 aliphatic rings. The van der Waals surface area contributed by atoms with Crippen molar-refractivity contribution in [2.75, 3.05) is 0 Å². The third-order valence-electron chi connectivity index (χ3n) is 4.01. The Morgan fingerprint density at radius 2 is 1.86 bits per heavy atom. The molecule has 3 rings (SSSR count). The van der Waals surface area contributed by atoms with Gasteiger partial charge in [-0.25, -0.2) is 0 Å². The second kappa shape index (κ2) is 5.27. The first-order valence-electron chi connectivity index (χ1n) is 7.08. The topological polar surface area (TPSA) is 17.1 Å². The van der Waals surface area contributed by atoms with Gasteiger partial charge in [-0.3, -0.25) is 4.79 Å². The van der Waals surface area contributed by atoms with Gasteiger partial charge in [0.1, 0.15) is 0 Å². The number of halogens is 1. The Bertz CT molecular complexity index is 741. The van der Waals surface area contributed by atoms with E-state index in [1.165, 1.54) is 0 Å². The first kappa shape index (κ1) is 14.3. The Balaban J connectivity index is 2.09. The van der Waals surface area contributed by atoms with E-state index in [4.69, 9.17) is 0 Å². The van der Waals surface area contributed by atoms with Crippen LogP contribution in [-0.2, 0) is 5.41 Å². The molecule has 0 saturated carbocycles. The van der Waals surface area contributed by atoms with E-state index >= 15 is 0 Å². The number of allylic oxidation sites excluding steroid dienone is 1. The van der Waals surface area contributed by atoms with Gasteiger partial charge in [0.15, 0.2) is 5.78 Å². The summed E-state index contributed by atoms with van der Waals surface area (Å²) in [6.45, 7) is 4.40. The smallest absolute Gasteiger partial charge is 0.189 e. The molecule has 2 aromatic carbocycles. The van der Waals surface area contributed by atoms with Crippen LogP contribution in [0, 0.1) is 0 Å². The van der Waals surface area contributed by atoms with Gasteiger partial charge in [0.2, 0.25) is 0 Å². The molecule has 0 atom stereocenters. The molecule has 0 saturated heterocycles. The van der Waals surface area contributed by atoms with Gasteiger partial charge in [0, 0.05) is 15.6 Å². The molecular weight excluding hydrogens is 324 g/mol. The highest BCUT2D eigenvalue weighted by Crippen LogP contribution is 2.39. The molecule has 0 aromatic heterocycles. The van der Waals surface area contributed by atoms with Gasteiger partial charge in [-0.15, -0.1) is 0 Å². The minimum absolute atomic E-state index is 0.0116. The zero-order valence-electron chi connectivity index (χ0n) is 12.2. The number of carbonyl (C=O) groups is 1. The third kappa shape index (κ3) is 2.73. The van der Waals surface area contributed by atoms with Gasteiger partial charge in [0.25, 0.3) is 0 Å². The Kier molecular flexibility index (Phi) is 3.58. The Morgan fingerprint density at radius 1 is 1.10 bits per heavy atom. The van der Waals surface area contributed by atoms with Crippen molar-refractivity contribution < 1.29 is 4.79 Å². The van der Waals surface area contributed by atoms with Crippen molar-refractivity contribution in [2.45, 2.75) is 25.7 Å². The lowest BCUT2D eigenvalue weighted by Crippen LogP contribution is -2.29. The van der Waals surface area contributed by atoms with E-state index in [2.05, 4.69) is 35.8 Å². The number of hydrogen-bond acceptors (Lipinski definition) is 1. The number of ketones is 1. The van der Waals surface area contributed by atoms with Gasteiger partial charge in [-0.1, -0.05) is 66.2 Å². The molecule has 0 amide bonds. The Morgan fingerprint density at radius 3 is 2.62 bits per heavy atom. The van der Waals surface area contributed by atoms with Crippen LogP contribution in [0.3, 0.4) is 0 Å². The highest BCUT2D eigenvalue weighted by Gasteiger charge is 2.34. The van der Waals surface area contributed by atoms with E-state index < -0.39 is 0 Å². The highest BCUT2D eigenvalue weighted by atomic mass is 79.9. The summed E-state index contributed by atoms with van der Waals surface area (Å²) in [5.74, 6) is 0.157. The molecule has 0 fully saturated rings. The second-order valence-electron chi connectivity index (χ2n) is 6.16. The maximum absolute atomic E-state index is 12.7. The van der Waals surface area contributed by atoms with Crippen molar-refractivity contribution in [2.24, 2.45) is 0 Å². The molecule has 106 valence electrons. The monoisotopic (exact) mass is 340 g/mol. The van der Waals surface area contributed by atoms with E-state index in [1.807, 2.05) is 48.5 Å². The van der Waals surface area contributed by atoms with Crippen molar-refractivity contribution >= 4 is 27.8 Å². The molecular formula is C19H17BrO. The lowest BCUT2D eigenvalue weighted by molar-refractivity contribution is 0.101. The fourth-order valence-corrected chi connectivity index (χ4v) is 3.43. The predicted molar refractivity (Wildman–Crippen MR) is 90.5 cm³/mol. The minimum Gasteiger partial charge on any atom is -0.289 e. The van der Waals surface area contributed by atoms with Crippen LogP contribution in [0.4, 0.5) is 0 Å². The summed E-state index contributed by atoms with van der Waals surface area (Å²) in [6, 6.07) is 16.0. The van der Waals surface area contributed by atoms with E-state index in [0.717, 1.165) is 33.2 Å². The SMILES string of the molecule is CC1(C)C/C(=C\c2cccc(Br)c2)C(=O)c2ccccc21. The molecule has 0 bridgehead atoms. The van der Waals surface area contributed by atoms with Crippen LogP contribution in [-0.4, -0.2) is 5.78 Å². The lowest BCUT2D eigenvalue weighted by Gasteiger charge is -2.33.